The topological polar surface area (TPSA) is 50.2 Å². The van der Waals surface area contributed by atoms with Crippen LogP contribution in [0.4, 0.5) is 0 Å². The highest BCUT2D eigenvalue weighted by atomic mass is 32.1. The van der Waals surface area contributed by atoms with Crippen LogP contribution >= 0.6 is 11.3 Å². The Bertz CT molecular complexity index is 606. The first-order chi connectivity index (χ1) is 8.40. The smallest absolute Gasteiger partial charge is 0.356 e. The summed E-state index contributed by atoms with van der Waals surface area (Å²) in [4.78, 5) is 16.1. The number of carboxylic acid groups (broad SMARTS) is 1. The fraction of sp³-hybridized carbons (Fsp3) is 0.286. The molecule has 0 aliphatic rings. The summed E-state index contributed by atoms with van der Waals surface area (Å²) in [7, 11) is 0. The molecule has 0 saturated carbocycles. The number of hydrogen-bond acceptors (Lipinski definition) is 3. The van der Waals surface area contributed by atoms with Crippen molar-refractivity contribution in [3.05, 3.63) is 39.5 Å². The maximum atomic E-state index is 11.2. The van der Waals surface area contributed by atoms with E-state index in [1.54, 1.807) is 0 Å². The van der Waals surface area contributed by atoms with Crippen LogP contribution in [0.25, 0.3) is 10.4 Å². The Kier molecular flexibility index (Phi) is 3.22. The first-order valence-corrected chi connectivity index (χ1v) is 6.50. The van der Waals surface area contributed by atoms with E-state index < -0.39 is 5.97 Å². The molecule has 3 nitrogen and oxygen atoms in total. The van der Waals surface area contributed by atoms with Gasteiger partial charge in [0.15, 0.2) is 5.69 Å². The summed E-state index contributed by atoms with van der Waals surface area (Å²) in [5.74, 6) is -0.964. The molecule has 0 aliphatic carbocycles. The maximum absolute atomic E-state index is 11.2. The molecule has 4 heteroatoms. The Hall–Kier alpha value is -1.68. The number of nitrogens with zero attached hydrogens (tertiary/aromatic N) is 1. The predicted octanol–water partition coefficient (Wildman–Crippen LogP) is 3.74. The number of carbonyl (C=O) groups is 1. The molecule has 0 fully saturated rings. The summed E-state index contributed by atoms with van der Waals surface area (Å²) >= 11 is 1.44. The van der Waals surface area contributed by atoms with E-state index in [1.807, 2.05) is 27.7 Å². The molecule has 1 heterocycles. The number of aryl methyl sites for hydroxylation is 4. The normalized spacial score (nSPS) is 10.7. The van der Waals surface area contributed by atoms with Gasteiger partial charge in [0.05, 0.1) is 9.88 Å². The van der Waals surface area contributed by atoms with Gasteiger partial charge in [-0.25, -0.2) is 9.78 Å². The highest BCUT2D eigenvalue weighted by molar-refractivity contribution is 7.15. The van der Waals surface area contributed by atoms with E-state index in [0.29, 0.717) is 0 Å². The lowest BCUT2D eigenvalue weighted by Crippen LogP contribution is -2.00. The van der Waals surface area contributed by atoms with Crippen LogP contribution < -0.4 is 0 Å². The maximum Gasteiger partial charge on any atom is 0.356 e. The molecule has 0 amide bonds. The quantitative estimate of drug-likeness (QED) is 0.895. The summed E-state index contributed by atoms with van der Waals surface area (Å²) in [6, 6.07) is 4.14. The lowest BCUT2D eigenvalue weighted by molar-refractivity contribution is 0.0692. The van der Waals surface area contributed by atoms with Crippen molar-refractivity contribution in [3.8, 4) is 10.4 Å². The number of aromatic nitrogens is 1. The summed E-state index contributed by atoms with van der Waals surface area (Å²) in [6.07, 6.45) is 0. The molecule has 1 N–H and O–H groups in total. The second kappa shape index (κ2) is 4.53. The number of hydrogen-bond donors (Lipinski definition) is 1. The zero-order chi connectivity index (χ0) is 13.4. The average molecular weight is 261 g/mol. The van der Waals surface area contributed by atoms with Crippen LogP contribution in [0, 0.1) is 27.7 Å². The third kappa shape index (κ3) is 2.16. The molecule has 2 rings (SSSR count). The first kappa shape index (κ1) is 12.8. The molecule has 0 unspecified atom stereocenters. The molecule has 0 radical (unpaired) electrons. The van der Waals surface area contributed by atoms with Gasteiger partial charge in [-0.3, -0.25) is 0 Å². The van der Waals surface area contributed by atoms with E-state index >= 15 is 0 Å². The fourth-order valence-corrected chi connectivity index (χ4v) is 3.37. The van der Waals surface area contributed by atoms with E-state index in [4.69, 9.17) is 0 Å². The second-order valence-corrected chi connectivity index (χ2v) is 5.69. The minimum Gasteiger partial charge on any atom is -0.476 e. The van der Waals surface area contributed by atoms with Crippen molar-refractivity contribution in [3.63, 3.8) is 0 Å². The van der Waals surface area contributed by atoms with Gasteiger partial charge in [-0.05, 0) is 38.8 Å². The van der Waals surface area contributed by atoms with Gasteiger partial charge < -0.3 is 5.11 Å². The minimum atomic E-state index is -0.964. The lowest BCUT2D eigenvalue weighted by atomic mass is 9.98. The van der Waals surface area contributed by atoms with Gasteiger partial charge in [0.25, 0.3) is 0 Å². The molecule has 94 valence electrons. The Morgan fingerprint density at radius 1 is 1.17 bits per heavy atom. The van der Waals surface area contributed by atoms with Crippen LogP contribution in [0.2, 0.25) is 0 Å². The number of rotatable bonds is 2. The van der Waals surface area contributed by atoms with Crippen LogP contribution in [0.5, 0.6) is 0 Å². The fourth-order valence-electron chi connectivity index (χ4n) is 2.28. The zero-order valence-electron chi connectivity index (χ0n) is 10.9. The first-order valence-electron chi connectivity index (χ1n) is 5.69. The Labute approximate surface area is 110 Å². The van der Waals surface area contributed by atoms with Gasteiger partial charge in [-0.2, -0.15) is 0 Å². The number of thiazole rings is 1. The highest BCUT2D eigenvalue weighted by Gasteiger charge is 2.20. The molecule has 0 atom stereocenters. The predicted molar refractivity (Wildman–Crippen MR) is 73.5 cm³/mol. The molecule has 0 aliphatic heterocycles. The van der Waals surface area contributed by atoms with Gasteiger partial charge in [-0.1, -0.05) is 17.7 Å². The van der Waals surface area contributed by atoms with Crippen LogP contribution in [0.1, 0.15) is 32.2 Å². The van der Waals surface area contributed by atoms with Crippen molar-refractivity contribution < 1.29 is 9.90 Å². The highest BCUT2D eigenvalue weighted by Crippen LogP contribution is 2.35. The lowest BCUT2D eigenvalue weighted by Gasteiger charge is -2.10. The third-order valence-corrected chi connectivity index (χ3v) is 3.83. The van der Waals surface area contributed by atoms with E-state index in [1.165, 1.54) is 16.9 Å². The molecule has 0 spiro atoms. The summed E-state index contributed by atoms with van der Waals surface area (Å²) in [5, 5.41) is 10.0. The third-order valence-electron chi connectivity index (χ3n) is 2.84. The molecule has 0 saturated heterocycles. The molecule has 1 aromatic heterocycles. The number of benzene rings is 1. The second-order valence-electron chi connectivity index (χ2n) is 4.49. The van der Waals surface area contributed by atoms with Gasteiger partial charge in [0.1, 0.15) is 0 Å². The Balaban J connectivity index is 2.73. The van der Waals surface area contributed by atoms with Crippen LogP contribution in [-0.2, 0) is 0 Å². The van der Waals surface area contributed by atoms with Crippen LogP contribution in [-0.4, -0.2) is 16.1 Å². The minimum absolute atomic E-state index is 0.160. The molecule has 0 bridgehead atoms. The van der Waals surface area contributed by atoms with E-state index in [-0.39, 0.29) is 5.69 Å². The molecular formula is C14H15NO2S. The molecular weight excluding hydrogens is 246 g/mol. The standard InChI is InChI=1S/C14H15NO2S/c1-7-5-8(2)11(9(3)6-7)13-12(14(16)17)15-10(4)18-13/h5-6H,1-4H3,(H,16,17). The zero-order valence-corrected chi connectivity index (χ0v) is 11.7. The van der Waals surface area contributed by atoms with Gasteiger partial charge >= 0.3 is 5.97 Å². The van der Waals surface area contributed by atoms with Crippen molar-refractivity contribution in [1.82, 2.24) is 4.98 Å². The van der Waals surface area contributed by atoms with Crippen molar-refractivity contribution in [1.29, 1.82) is 0 Å². The van der Waals surface area contributed by atoms with Gasteiger partial charge in [0, 0.05) is 5.56 Å². The van der Waals surface area contributed by atoms with Gasteiger partial charge in [-0.15, -0.1) is 11.3 Å². The monoisotopic (exact) mass is 261 g/mol. The van der Waals surface area contributed by atoms with Crippen molar-refractivity contribution in [2.75, 3.05) is 0 Å². The van der Waals surface area contributed by atoms with E-state index in [9.17, 15) is 9.90 Å². The number of aromatic carboxylic acids is 1. The van der Waals surface area contributed by atoms with Crippen LogP contribution in [0.15, 0.2) is 12.1 Å². The van der Waals surface area contributed by atoms with Gasteiger partial charge in [0.2, 0.25) is 0 Å². The van der Waals surface area contributed by atoms with Crippen molar-refractivity contribution in [2.24, 2.45) is 0 Å². The Morgan fingerprint density at radius 3 is 2.22 bits per heavy atom. The van der Waals surface area contributed by atoms with E-state index in [0.717, 1.165) is 26.6 Å². The van der Waals surface area contributed by atoms with Crippen LogP contribution in [0.3, 0.4) is 0 Å². The summed E-state index contributed by atoms with van der Waals surface area (Å²) in [6.45, 7) is 7.89. The average Bonchev–Trinajstić information content (AvgIpc) is 2.58. The Morgan fingerprint density at radius 2 is 1.72 bits per heavy atom. The largest absolute Gasteiger partial charge is 0.476 e. The molecule has 2 aromatic rings. The SMILES string of the molecule is Cc1cc(C)c(-c2sc(C)nc2C(=O)O)c(C)c1. The van der Waals surface area contributed by atoms with E-state index in [2.05, 4.69) is 17.1 Å². The summed E-state index contributed by atoms with van der Waals surface area (Å²) in [5.41, 5.74) is 4.54. The molecule has 1 aromatic carbocycles. The van der Waals surface area contributed by atoms with Crippen molar-refractivity contribution in [2.45, 2.75) is 27.7 Å². The van der Waals surface area contributed by atoms with Crippen molar-refractivity contribution >= 4 is 17.3 Å². The summed E-state index contributed by atoms with van der Waals surface area (Å²) < 4.78 is 0. The molecule has 18 heavy (non-hydrogen) atoms. The number of carboxylic acids is 1.